The molecule has 0 bridgehead atoms. The van der Waals surface area contributed by atoms with Crippen LogP contribution in [0, 0.1) is 10.1 Å². The van der Waals surface area contributed by atoms with E-state index in [-0.39, 0.29) is 33.3 Å². The van der Waals surface area contributed by atoms with E-state index in [1.54, 1.807) is 18.2 Å². The van der Waals surface area contributed by atoms with Crippen molar-refractivity contribution in [2.45, 2.75) is 0 Å². The minimum absolute atomic E-state index is 0.0589. The second kappa shape index (κ2) is 9.09. The molecule has 0 saturated heterocycles. The molecule has 3 rings (SSSR count). The van der Waals surface area contributed by atoms with E-state index in [1.165, 1.54) is 37.6 Å². The van der Waals surface area contributed by atoms with Crippen LogP contribution >= 0.6 is 11.6 Å². The molecule has 31 heavy (non-hydrogen) atoms. The number of aromatic carboxylic acids is 1. The summed E-state index contributed by atoms with van der Waals surface area (Å²) in [5, 5.41) is 24.0. The van der Waals surface area contributed by atoms with Crippen LogP contribution < -0.4 is 10.2 Å². The van der Waals surface area contributed by atoms with Crippen LogP contribution in [-0.2, 0) is 0 Å². The van der Waals surface area contributed by atoms with E-state index in [4.69, 9.17) is 25.9 Å². The fourth-order valence-electron chi connectivity index (χ4n) is 2.62. The van der Waals surface area contributed by atoms with Gasteiger partial charge in [0.2, 0.25) is 0 Å². The summed E-state index contributed by atoms with van der Waals surface area (Å²) in [6.45, 7) is 0. The highest BCUT2D eigenvalue weighted by Gasteiger charge is 2.17. The molecule has 2 aromatic carbocycles. The van der Waals surface area contributed by atoms with Gasteiger partial charge < -0.3 is 14.3 Å². The molecule has 158 valence electrons. The molecule has 0 aliphatic rings. The first-order valence-electron chi connectivity index (χ1n) is 8.59. The van der Waals surface area contributed by atoms with Gasteiger partial charge in [0.25, 0.3) is 11.6 Å². The summed E-state index contributed by atoms with van der Waals surface area (Å²) in [7, 11) is 1.33. The van der Waals surface area contributed by atoms with Gasteiger partial charge in [0.1, 0.15) is 17.3 Å². The number of hydrogen-bond donors (Lipinski definition) is 2. The Morgan fingerprint density at radius 3 is 2.65 bits per heavy atom. The zero-order valence-electron chi connectivity index (χ0n) is 15.9. The van der Waals surface area contributed by atoms with Crippen molar-refractivity contribution in [1.29, 1.82) is 0 Å². The van der Waals surface area contributed by atoms with Gasteiger partial charge in [-0.1, -0.05) is 11.6 Å². The number of halogens is 1. The Hall–Kier alpha value is -4.18. The van der Waals surface area contributed by atoms with Crippen molar-refractivity contribution in [1.82, 2.24) is 5.43 Å². The Morgan fingerprint density at radius 2 is 1.97 bits per heavy atom. The Labute approximate surface area is 179 Å². The minimum Gasteiger partial charge on any atom is -0.496 e. The average Bonchev–Trinajstić information content (AvgIpc) is 3.22. The minimum atomic E-state index is -1.17. The van der Waals surface area contributed by atoms with Gasteiger partial charge >= 0.3 is 5.97 Å². The SMILES string of the molecule is COc1ccc([N+](=O)[O-])cc1C(=O)N/N=C\c1ccc(-c2ccc(Cl)c(C(=O)O)c2)o1. The average molecular weight is 444 g/mol. The predicted octanol–water partition coefficient (Wildman–Crippen LogP) is 3.98. The summed E-state index contributed by atoms with van der Waals surface area (Å²) in [6.07, 6.45) is 1.22. The molecule has 0 unspecified atom stereocenters. The normalized spacial score (nSPS) is 10.8. The number of furan rings is 1. The fourth-order valence-corrected chi connectivity index (χ4v) is 2.82. The van der Waals surface area contributed by atoms with Crippen molar-refractivity contribution < 1.29 is 28.8 Å². The van der Waals surface area contributed by atoms with Crippen LogP contribution in [0.1, 0.15) is 26.5 Å². The molecule has 0 aliphatic heterocycles. The predicted molar refractivity (Wildman–Crippen MR) is 111 cm³/mol. The van der Waals surface area contributed by atoms with E-state index in [0.717, 1.165) is 6.07 Å². The molecule has 11 heteroatoms. The second-order valence-corrected chi connectivity index (χ2v) is 6.45. The number of methoxy groups -OCH3 is 1. The smallest absolute Gasteiger partial charge is 0.337 e. The third kappa shape index (κ3) is 4.87. The topological polar surface area (TPSA) is 144 Å². The van der Waals surface area contributed by atoms with Gasteiger partial charge in [-0.15, -0.1) is 0 Å². The van der Waals surface area contributed by atoms with Gasteiger partial charge in [0, 0.05) is 17.7 Å². The molecule has 1 heterocycles. The molecule has 0 atom stereocenters. The third-order valence-corrected chi connectivity index (χ3v) is 4.43. The number of benzene rings is 2. The third-order valence-electron chi connectivity index (χ3n) is 4.10. The number of nitrogens with zero attached hydrogens (tertiary/aromatic N) is 2. The molecule has 3 aromatic rings. The second-order valence-electron chi connectivity index (χ2n) is 6.04. The molecule has 0 aliphatic carbocycles. The monoisotopic (exact) mass is 443 g/mol. The van der Waals surface area contributed by atoms with E-state index >= 15 is 0 Å². The van der Waals surface area contributed by atoms with Crippen LogP contribution in [0.4, 0.5) is 5.69 Å². The van der Waals surface area contributed by atoms with Gasteiger partial charge in [0.15, 0.2) is 0 Å². The van der Waals surface area contributed by atoms with Crippen molar-refractivity contribution >= 4 is 35.4 Å². The molecular formula is C20H14ClN3O7. The summed E-state index contributed by atoms with van der Waals surface area (Å²) in [5.41, 5.74) is 2.34. The van der Waals surface area contributed by atoms with Crippen LogP contribution in [-0.4, -0.2) is 35.2 Å². The van der Waals surface area contributed by atoms with Gasteiger partial charge in [-0.05, 0) is 36.4 Å². The van der Waals surface area contributed by atoms with Gasteiger partial charge in [0.05, 0.1) is 34.4 Å². The number of rotatable bonds is 7. The number of carboxylic acids is 1. The Kier molecular flexibility index (Phi) is 6.32. The summed E-state index contributed by atoms with van der Waals surface area (Å²) < 4.78 is 10.6. The molecule has 10 nitrogen and oxygen atoms in total. The number of ether oxygens (including phenoxy) is 1. The molecule has 1 amide bonds. The summed E-state index contributed by atoms with van der Waals surface area (Å²) >= 11 is 5.86. The lowest BCUT2D eigenvalue weighted by Gasteiger charge is -2.06. The van der Waals surface area contributed by atoms with E-state index in [2.05, 4.69) is 10.5 Å². The first-order valence-corrected chi connectivity index (χ1v) is 8.97. The Bertz CT molecular complexity index is 1200. The van der Waals surface area contributed by atoms with E-state index in [0.29, 0.717) is 11.3 Å². The van der Waals surface area contributed by atoms with Crippen LogP contribution in [0.3, 0.4) is 0 Å². The number of nitro benzene ring substituents is 1. The number of nitro groups is 1. The standard InChI is InChI=1S/C20H14ClN3O7/c1-30-18-6-3-12(24(28)29)9-15(18)19(25)23-22-10-13-4-7-17(31-13)11-2-5-16(21)14(8-11)20(26)27/h2-10H,1H3,(H,23,25)(H,26,27)/b22-10-. The maximum absolute atomic E-state index is 12.3. The highest BCUT2D eigenvalue weighted by molar-refractivity contribution is 6.33. The van der Waals surface area contributed by atoms with Gasteiger partial charge in [-0.3, -0.25) is 14.9 Å². The number of nitrogens with one attached hydrogen (secondary N) is 1. The zero-order chi connectivity index (χ0) is 22.5. The molecule has 0 fully saturated rings. The first kappa shape index (κ1) is 21.5. The lowest BCUT2D eigenvalue weighted by molar-refractivity contribution is -0.384. The number of non-ortho nitro benzene ring substituents is 1. The zero-order valence-corrected chi connectivity index (χ0v) is 16.6. The highest BCUT2D eigenvalue weighted by atomic mass is 35.5. The van der Waals surface area contributed by atoms with E-state index in [9.17, 15) is 19.7 Å². The maximum atomic E-state index is 12.3. The van der Waals surface area contributed by atoms with E-state index < -0.39 is 16.8 Å². The van der Waals surface area contributed by atoms with Crippen molar-refractivity contribution in [2.24, 2.45) is 5.10 Å². The number of hydrazone groups is 1. The number of carbonyl (C=O) groups is 2. The van der Waals surface area contributed by atoms with Crippen molar-refractivity contribution in [3.63, 3.8) is 0 Å². The van der Waals surface area contributed by atoms with Crippen LogP contribution in [0.25, 0.3) is 11.3 Å². The lowest BCUT2D eigenvalue weighted by Crippen LogP contribution is -2.18. The molecule has 1 aromatic heterocycles. The van der Waals surface area contributed by atoms with Gasteiger partial charge in [-0.2, -0.15) is 5.10 Å². The largest absolute Gasteiger partial charge is 0.496 e. The van der Waals surface area contributed by atoms with Crippen LogP contribution in [0.5, 0.6) is 5.75 Å². The molecule has 0 radical (unpaired) electrons. The molecule has 2 N–H and O–H groups in total. The molecule has 0 spiro atoms. The number of hydrogen-bond acceptors (Lipinski definition) is 7. The first-order chi connectivity index (χ1) is 14.8. The number of carboxylic acid groups (broad SMARTS) is 1. The summed E-state index contributed by atoms with van der Waals surface area (Å²) in [5.74, 6) is -1.09. The lowest BCUT2D eigenvalue weighted by atomic mass is 10.1. The number of amides is 1. The quantitative estimate of drug-likeness (QED) is 0.319. The molecule has 0 saturated carbocycles. The fraction of sp³-hybridized carbons (Fsp3) is 0.0500. The van der Waals surface area contributed by atoms with E-state index in [1.807, 2.05) is 0 Å². The summed E-state index contributed by atoms with van der Waals surface area (Å²) in [4.78, 5) is 33.8. The Balaban J connectivity index is 1.75. The van der Waals surface area contributed by atoms with Crippen LogP contribution in [0.15, 0.2) is 58.0 Å². The van der Waals surface area contributed by atoms with Crippen LogP contribution in [0.2, 0.25) is 5.02 Å². The van der Waals surface area contributed by atoms with Crippen molar-refractivity contribution in [3.05, 3.63) is 80.6 Å². The van der Waals surface area contributed by atoms with Crippen molar-refractivity contribution in [3.8, 4) is 17.1 Å². The van der Waals surface area contributed by atoms with Gasteiger partial charge in [-0.25, -0.2) is 10.2 Å². The summed E-state index contributed by atoms with van der Waals surface area (Å²) in [6, 6.07) is 11.2. The molecular weight excluding hydrogens is 430 g/mol. The van der Waals surface area contributed by atoms with Crippen molar-refractivity contribution in [2.75, 3.05) is 7.11 Å². The highest BCUT2D eigenvalue weighted by Crippen LogP contribution is 2.27. The maximum Gasteiger partial charge on any atom is 0.337 e. The Morgan fingerprint density at radius 1 is 1.19 bits per heavy atom. The number of carbonyl (C=O) groups excluding carboxylic acids is 1.